The van der Waals surface area contributed by atoms with Gasteiger partial charge in [0.15, 0.2) is 0 Å². The average molecular weight is 415 g/mol. The fourth-order valence-corrected chi connectivity index (χ4v) is 5.20. The SMILES string of the molecule is CC(C)c1c(CCNC(=O)O)cn(S(=O)(=O)c2ccccc2)c1Br. The van der Waals surface area contributed by atoms with Crippen molar-refractivity contribution in [3.8, 4) is 0 Å². The molecule has 1 amide bonds. The molecule has 0 saturated heterocycles. The first-order valence-electron chi connectivity index (χ1n) is 7.42. The van der Waals surface area contributed by atoms with Crippen LogP contribution in [0.25, 0.3) is 0 Å². The van der Waals surface area contributed by atoms with Crippen molar-refractivity contribution in [1.82, 2.24) is 9.29 Å². The van der Waals surface area contributed by atoms with Crippen LogP contribution in [-0.4, -0.2) is 30.1 Å². The van der Waals surface area contributed by atoms with Gasteiger partial charge in [0.2, 0.25) is 0 Å². The Balaban J connectivity index is 2.46. The number of rotatable bonds is 6. The molecular formula is C16H19BrN2O4S. The standard InChI is InChI=1S/C16H19BrN2O4S/c1-11(2)14-12(8-9-18-16(20)21)10-19(15(14)17)24(22,23)13-6-4-3-5-7-13/h3-7,10-11,18H,8-9H2,1-2H3,(H,20,21). The number of carbonyl (C=O) groups is 1. The first-order valence-corrected chi connectivity index (χ1v) is 9.65. The number of halogens is 1. The minimum absolute atomic E-state index is 0.0893. The van der Waals surface area contributed by atoms with Crippen LogP contribution in [0, 0.1) is 0 Å². The van der Waals surface area contributed by atoms with Gasteiger partial charge < -0.3 is 10.4 Å². The summed E-state index contributed by atoms with van der Waals surface area (Å²) in [6.07, 6.45) is 0.873. The molecule has 0 saturated carbocycles. The van der Waals surface area contributed by atoms with E-state index >= 15 is 0 Å². The molecule has 2 rings (SSSR count). The maximum absolute atomic E-state index is 12.8. The lowest BCUT2D eigenvalue weighted by molar-refractivity contribution is 0.194. The van der Waals surface area contributed by atoms with Crippen LogP contribution in [0.15, 0.2) is 46.0 Å². The Morgan fingerprint density at radius 3 is 2.46 bits per heavy atom. The van der Waals surface area contributed by atoms with Gasteiger partial charge in [-0.3, -0.25) is 0 Å². The van der Waals surface area contributed by atoms with E-state index in [1.54, 1.807) is 36.5 Å². The molecule has 1 aromatic heterocycles. The zero-order valence-corrected chi connectivity index (χ0v) is 15.8. The zero-order chi connectivity index (χ0) is 17.9. The number of carboxylic acid groups (broad SMARTS) is 1. The highest BCUT2D eigenvalue weighted by Gasteiger charge is 2.25. The predicted octanol–water partition coefficient (Wildman–Crippen LogP) is 3.42. The van der Waals surface area contributed by atoms with Crippen molar-refractivity contribution in [3.63, 3.8) is 0 Å². The number of nitrogens with one attached hydrogen (secondary N) is 1. The summed E-state index contributed by atoms with van der Waals surface area (Å²) < 4.78 is 27.4. The molecule has 6 nitrogen and oxygen atoms in total. The molecule has 130 valence electrons. The normalized spacial score (nSPS) is 11.7. The summed E-state index contributed by atoms with van der Waals surface area (Å²) in [5.41, 5.74) is 1.66. The van der Waals surface area contributed by atoms with Crippen LogP contribution in [0.4, 0.5) is 4.79 Å². The highest BCUT2D eigenvalue weighted by Crippen LogP contribution is 2.33. The second-order valence-corrected chi connectivity index (χ2v) is 8.18. The van der Waals surface area contributed by atoms with Crippen molar-refractivity contribution in [1.29, 1.82) is 0 Å². The van der Waals surface area contributed by atoms with Crippen molar-refractivity contribution < 1.29 is 18.3 Å². The minimum atomic E-state index is -3.71. The number of amides is 1. The number of aromatic nitrogens is 1. The largest absolute Gasteiger partial charge is 0.465 e. The summed E-state index contributed by atoms with van der Waals surface area (Å²) in [6, 6.07) is 8.19. The van der Waals surface area contributed by atoms with Crippen LogP contribution in [0.5, 0.6) is 0 Å². The number of nitrogens with zero attached hydrogens (tertiary/aromatic N) is 1. The van der Waals surface area contributed by atoms with Crippen molar-refractivity contribution in [2.75, 3.05) is 6.54 Å². The monoisotopic (exact) mass is 414 g/mol. The van der Waals surface area contributed by atoms with E-state index in [9.17, 15) is 13.2 Å². The molecule has 8 heteroatoms. The van der Waals surface area contributed by atoms with E-state index in [1.165, 1.54) is 3.97 Å². The summed E-state index contributed by atoms with van der Waals surface area (Å²) in [5.74, 6) is 0.0893. The van der Waals surface area contributed by atoms with Crippen LogP contribution in [0.2, 0.25) is 0 Å². The first-order chi connectivity index (χ1) is 11.2. The van der Waals surface area contributed by atoms with E-state index in [0.29, 0.717) is 11.0 Å². The summed E-state index contributed by atoms with van der Waals surface area (Å²) >= 11 is 3.40. The smallest absolute Gasteiger partial charge is 0.404 e. The molecule has 24 heavy (non-hydrogen) atoms. The third-order valence-electron chi connectivity index (χ3n) is 3.58. The molecule has 0 aliphatic rings. The molecule has 1 heterocycles. The predicted molar refractivity (Wildman–Crippen MR) is 95.0 cm³/mol. The lowest BCUT2D eigenvalue weighted by atomic mass is 10.0. The highest BCUT2D eigenvalue weighted by atomic mass is 79.9. The van der Waals surface area contributed by atoms with Gasteiger partial charge in [-0.2, -0.15) is 0 Å². The van der Waals surface area contributed by atoms with Gasteiger partial charge >= 0.3 is 6.09 Å². The molecule has 0 bridgehead atoms. The van der Waals surface area contributed by atoms with E-state index < -0.39 is 16.1 Å². The maximum Gasteiger partial charge on any atom is 0.404 e. The Labute approximate surface area is 149 Å². The molecule has 0 radical (unpaired) electrons. The van der Waals surface area contributed by atoms with Crippen LogP contribution in [-0.2, 0) is 16.4 Å². The number of hydrogen-bond acceptors (Lipinski definition) is 3. The van der Waals surface area contributed by atoms with Crippen molar-refractivity contribution in [2.45, 2.75) is 31.1 Å². The van der Waals surface area contributed by atoms with Crippen LogP contribution in [0.1, 0.15) is 30.9 Å². The molecule has 0 aliphatic carbocycles. The molecule has 0 atom stereocenters. The summed E-state index contributed by atoms with van der Waals surface area (Å²) in [7, 11) is -3.71. The van der Waals surface area contributed by atoms with Gasteiger partial charge in [0, 0.05) is 12.7 Å². The summed E-state index contributed by atoms with van der Waals surface area (Å²) in [5, 5.41) is 11.0. The number of hydrogen-bond donors (Lipinski definition) is 2. The van der Waals surface area contributed by atoms with Gasteiger partial charge in [0.1, 0.15) is 4.60 Å². The molecule has 0 fully saturated rings. The van der Waals surface area contributed by atoms with Crippen molar-refractivity contribution in [2.24, 2.45) is 0 Å². The van der Waals surface area contributed by atoms with Crippen molar-refractivity contribution >= 4 is 32.0 Å². The molecular weight excluding hydrogens is 396 g/mol. The molecule has 0 aliphatic heterocycles. The van der Waals surface area contributed by atoms with E-state index in [4.69, 9.17) is 5.11 Å². The molecule has 2 N–H and O–H groups in total. The van der Waals surface area contributed by atoms with E-state index in [-0.39, 0.29) is 17.4 Å². The van der Waals surface area contributed by atoms with Gasteiger partial charge in [-0.25, -0.2) is 17.2 Å². The van der Waals surface area contributed by atoms with E-state index in [2.05, 4.69) is 21.2 Å². The van der Waals surface area contributed by atoms with Gasteiger partial charge in [-0.15, -0.1) is 0 Å². The Kier molecular flexibility index (Phi) is 5.71. The third kappa shape index (κ3) is 3.81. The van der Waals surface area contributed by atoms with Gasteiger partial charge in [-0.1, -0.05) is 32.0 Å². The maximum atomic E-state index is 12.8. The van der Waals surface area contributed by atoms with Gasteiger partial charge in [0.25, 0.3) is 10.0 Å². The first kappa shape index (κ1) is 18.5. The van der Waals surface area contributed by atoms with Gasteiger partial charge in [-0.05, 0) is 51.5 Å². The summed E-state index contributed by atoms with van der Waals surface area (Å²) in [4.78, 5) is 10.8. The van der Waals surface area contributed by atoms with Crippen LogP contribution >= 0.6 is 15.9 Å². The molecule has 1 aromatic carbocycles. The average Bonchev–Trinajstić information content (AvgIpc) is 2.85. The van der Waals surface area contributed by atoms with Crippen LogP contribution < -0.4 is 5.32 Å². The van der Waals surface area contributed by atoms with E-state index in [1.807, 2.05) is 13.8 Å². The lowest BCUT2D eigenvalue weighted by Crippen LogP contribution is -2.23. The second kappa shape index (κ2) is 7.40. The fraction of sp³-hybridized carbons (Fsp3) is 0.312. The third-order valence-corrected chi connectivity index (χ3v) is 6.30. The molecule has 0 spiro atoms. The highest BCUT2D eigenvalue weighted by molar-refractivity contribution is 9.10. The topological polar surface area (TPSA) is 88.4 Å². The minimum Gasteiger partial charge on any atom is -0.465 e. The molecule has 2 aromatic rings. The van der Waals surface area contributed by atoms with Crippen molar-refractivity contribution in [3.05, 3.63) is 52.3 Å². The van der Waals surface area contributed by atoms with Gasteiger partial charge in [0.05, 0.1) is 4.90 Å². The zero-order valence-electron chi connectivity index (χ0n) is 13.4. The number of benzene rings is 1. The van der Waals surface area contributed by atoms with E-state index in [0.717, 1.165) is 11.1 Å². The Morgan fingerprint density at radius 2 is 1.92 bits per heavy atom. The molecule has 0 unspecified atom stereocenters. The summed E-state index contributed by atoms with van der Waals surface area (Å²) in [6.45, 7) is 4.15. The second-order valence-electron chi connectivity index (χ2n) is 5.61. The van der Waals surface area contributed by atoms with Crippen LogP contribution in [0.3, 0.4) is 0 Å². The Hall–Kier alpha value is -1.80. The quantitative estimate of drug-likeness (QED) is 0.757. The fourth-order valence-electron chi connectivity index (χ4n) is 2.51. The lowest BCUT2D eigenvalue weighted by Gasteiger charge is -2.10. The Bertz CT molecular complexity index is 829. The Morgan fingerprint density at radius 1 is 1.29 bits per heavy atom.